The topological polar surface area (TPSA) is 4.93 Å². The fourth-order valence-corrected chi connectivity index (χ4v) is 5.88. The number of aryl methyl sites for hydroxylation is 2. The Labute approximate surface area is 229 Å². The van der Waals surface area contributed by atoms with E-state index in [-0.39, 0.29) is 0 Å². The lowest BCUT2D eigenvalue weighted by Crippen LogP contribution is -1.94. The first-order chi connectivity index (χ1) is 19.2. The van der Waals surface area contributed by atoms with Gasteiger partial charge in [-0.05, 0) is 83.6 Å². The Balaban J connectivity index is 1.36. The van der Waals surface area contributed by atoms with Gasteiger partial charge in [0.1, 0.15) is 0 Å². The fraction of sp³-hybridized carbons (Fsp3) is 0.0526. The Morgan fingerprint density at radius 2 is 0.821 bits per heavy atom. The van der Waals surface area contributed by atoms with Gasteiger partial charge in [-0.15, -0.1) is 0 Å². The standard InChI is InChI=1S/C38H29N/c1-26-16-22-37-35(24-26)36-25-27(2)17-23-38(36)39(37)30-20-18-29(19-21-30)32-13-7-9-15-34(32)33-14-8-6-12-31(33)28-10-4-3-5-11-28/h3-25H,1-2H3. The zero-order chi connectivity index (χ0) is 26.3. The van der Waals surface area contributed by atoms with E-state index >= 15 is 0 Å². The molecule has 39 heavy (non-hydrogen) atoms. The molecule has 0 saturated carbocycles. The van der Waals surface area contributed by atoms with Crippen LogP contribution in [0.1, 0.15) is 11.1 Å². The zero-order valence-electron chi connectivity index (χ0n) is 22.2. The van der Waals surface area contributed by atoms with Crippen molar-refractivity contribution in [2.75, 3.05) is 0 Å². The van der Waals surface area contributed by atoms with Crippen LogP contribution in [0.4, 0.5) is 0 Å². The molecule has 0 aliphatic carbocycles. The van der Waals surface area contributed by atoms with Gasteiger partial charge in [0.25, 0.3) is 0 Å². The molecule has 0 spiro atoms. The number of fused-ring (bicyclic) bond motifs is 3. The van der Waals surface area contributed by atoms with Crippen molar-refractivity contribution < 1.29 is 0 Å². The van der Waals surface area contributed by atoms with Crippen molar-refractivity contribution in [3.63, 3.8) is 0 Å². The van der Waals surface area contributed by atoms with Crippen molar-refractivity contribution in [1.29, 1.82) is 0 Å². The van der Waals surface area contributed by atoms with Gasteiger partial charge in [-0.3, -0.25) is 0 Å². The largest absolute Gasteiger partial charge is 0.309 e. The minimum Gasteiger partial charge on any atom is -0.309 e. The minimum absolute atomic E-state index is 1.17. The molecule has 186 valence electrons. The van der Waals surface area contributed by atoms with Gasteiger partial charge in [-0.25, -0.2) is 0 Å². The third-order valence-electron chi connectivity index (χ3n) is 7.74. The average Bonchev–Trinajstić information content (AvgIpc) is 3.30. The SMILES string of the molecule is Cc1ccc2c(c1)c1cc(C)ccc1n2-c1ccc(-c2ccccc2-c2ccccc2-c2ccccc2)cc1. The summed E-state index contributed by atoms with van der Waals surface area (Å²) in [4.78, 5) is 0. The van der Waals surface area contributed by atoms with Crippen molar-refractivity contribution in [2.24, 2.45) is 0 Å². The molecule has 0 aliphatic heterocycles. The summed E-state index contributed by atoms with van der Waals surface area (Å²) in [6.07, 6.45) is 0. The van der Waals surface area contributed by atoms with Crippen LogP contribution in [0, 0.1) is 13.8 Å². The molecular formula is C38H29N. The number of hydrogen-bond donors (Lipinski definition) is 0. The highest BCUT2D eigenvalue weighted by molar-refractivity contribution is 6.09. The maximum atomic E-state index is 2.39. The lowest BCUT2D eigenvalue weighted by molar-refractivity contribution is 1.18. The van der Waals surface area contributed by atoms with Gasteiger partial charge < -0.3 is 4.57 Å². The highest BCUT2D eigenvalue weighted by Crippen LogP contribution is 2.39. The molecule has 1 heterocycles. The number of rotatable bonds is 4. The summed E-state index contributed by atoms with van der Waals surface area (Å²) in [7, 11) is 0. The fourth-order valence-electron chi connectivity index (χ4n) is 5.88. The molecule has 0 atom stereocenters. The first-order valence-corrected chi connectivity index (χ1v) is 13.5. The van der Waals surface area contributed by atoms with Crippen LogP contribution in [0.3, 0.4) is 0 Å². The van der Waals surface area contributed by atoms with Gasteiger partial charge in [0.05, 0.1) is 11.0 Å². The number of benzene rings is 6. The summed E-state index contributed by atoms with van der Waals surface area (Å²) in [5, 5.41) is 2.61. The van der Waals surface area contributed by atoms with E-state index in [1.54, 1.807) is 0 Å². The zero-order valence-corrected chi connectivity index (χ0v) is 22.2. The van der Waals surface area contributed by atoms with Crippen molar-refractivity contribution >= 4 is 21.8 Å². The molecule has 1 aromatic heterocycles. The molecule has 7 aromatic rings. The summed E-state index contributed by atoms with van der Waals surface area (Å²) in [5.74, 6) is 0. The van der Waals surface area contributed by atoms with Gasteiger partial charge >= 0.3 is 0 Å². The van der Waals surface area contributed by atoms with E-state index < -0.39 is 0 Å². The summed E-state index contributed by atoms with van der Waals surface area (Å²) in [5.41, 5.74) is 13.6. The van der Waals surface area contributed by atoms with E-state index in [0.717, 1.165) is 0 Å². The Bertz CT molecular complexity index is 1900. The number of nitrogens with zero attached hydrogens (tertiary/aromatic N) is 1. The van der Waals surface area contributed by atoms with E-state index in [9.17, 15) is 0 Å². The van der Waals surface area contributed by atoms with E-state index in [1.165, 1.54) is 72.0 Å². The van der Waals surface area contributed by atoms with Gasteiger partial charge in [0, 0.05) is 16.5 Å². The van der Waals surface area contributed by atoms with Crippen LogP contribution in [-0.2, 0) is 0 Å². The van der Waals surface area contributed by atoms with E-state index in [1.807, 2.05) is 0 Å². The predicted octanol–water partition coefficient (Wildman–Crippen LogP) is 10.4. The first kappa shape index (κ1) is 23.3. The highest BCUT2D eigenvalue weighted by Gasteiger charge is 2.15. The van der Waals surface area contributed by atoms with Crippen LogP contribution < -0.4 is 0 Å². The minimum atomic E-state index is 1.17. The lowest BCUT2D eigenvalue weighted by atomic mass is 9.89. The molecule has 6 aromatic carbocycles. The van der Waals surface area contributed by atoms with Gasteiger partial charge in [0.15, 0.2) is 0 Å². The Morgan fingerprint density at radius 1 is 0.385 bits per heavy atom. The molecule has 1 heteroatoms. The average molecular weight is 500 g/mol. The third-order valence-corrected chi connectivity index (χ3v) is 7.74. The molecule has 0 aliphatic rings. The van der Waals surface area contributed by atoms with Gasteiger partial charge in [0.2, 0.25) is 0 Å². The van der Waals surface area contributed by atoms with Crippen LogP contribution in [-0.4, -0.2) is 4.57 Å². The molecule has 0 amide bonds. The van der Waals surface area contributed by atoms with Crippen molar-refractivity contribution in [3.05, 3.63) is 151 Å². The Kier molecular flexibility index (Phi) is 5.64. The molecule has 0 N–H and O–H groups in total. The van der Waals surface area contributed by atoms with Gasteiger partial charge in [-0.2, -0.15) is 0 Å². The Hall–Kier alpha value is -4.88. The second-order valence-corrected chi connectivity index (χ2v) is 10.4. The van der Waals surface area contributed by atoms with Crippen LogP contribution >= 0.6 is 0 Å². The quantitative estimate of drug-likeness (QED) is 0.227. The smallest absolute Gasteiger partial charge is 0.0541 e. The molecule has 0 unspecified atom stereocenters. The molecule has 0 radical (unpaired) electrons. The highest BCUT2D eigenvalue weighted by atomic mass is 15.0. The van der Waals surface area contributed by atoms with E-state index in [2.05, 4.69) is 158 Å². The molecule has 1 nitrogen and oxygen atoms in total. The lowest BCUT2D eigenvalue weighted by Gasteiger charge is -2.15. The van der Waals surface area contributed by atoms with Crippen LogP contribution in [0.15, 0.2) is 140 Å². The summed E-state index contributed by atoms with van der Waals surface area (Å²) in [6, 6.07) is 50.7. The van der Waals surface area contributed by atoms with E-state index in [4.69, 9.17) is 0 Å². The maximum Gasteiger partial charge on any atom is 0.0541 e. The normalized spacial score (nSPS) is 11.3. The number of hydrogen-bond acceptors (Lipinski definition) is 0. The van der Waals surface area contributed by atoms with E-state index in [0.29, 0.717) is 0 Å². The number of aromatic nitrogens is 1. The van der Waals surface area contributed by atoms with Crippen LogP contribution in [0.5, 0.6) is 0 Å². The molecule has 0 fully saturated rings. The second kappa shape index (κ2) is 9.45. The van der Waals surface area contributed by atoms with Crippen LogP contribution in [0.25, 0.3) is 60.9 Å². The summed E-state index contributed by atoms with van der Waals surface area (Å²) >= 11 is 0. The summed E-state index contributed by atoms with van der Waals surface area (Å²) in [6.45, 7) is 4.33. The van der Waals surface area contributed by atoms with Gasteiger partial charge in [-0.1, -0.05) is 114 Å². The van der Waals surface area contributed by atoms with Crippen LogP contribution in [0.2, 0.25) is 0 Å². The maximum absolute atomic E-state index is 2.39. The molecule has 0 saturated heterocycles. The monoisotopic (exact) mass is 499 g/mol. The Morgan fingerprint density at radius 3 is 1.33 bits per heavy atom. The molecular weight excluding hydrogens is 470 g/mol. The predicted molar refractivity (Wildman–Crippen MR) is 167 cm³/mol. The van der Waals surface area contributed by atoms with Crippen molar-refractivity contribution in [3.8, 4) is 39.1 Å². The third kappa shape index (κ3) is 4.04. The molecule has 7 rings (SSSR count). The summed E-state index contributed by atoms with van der Waals surface area (Å²) < 4.78 is 2.39. The molecule has 0 bridgehead atoms. The second-order valence-electron chi connectivity index (χ2n) is 10.4. The van der Waals surface area contributed by atoms with Crippen molar-refractivity contribution in [2.45, 2.75) is 13.8 Å². The van der Waals surface area contributed by atoms with Crippen molar-refractivity contribution in [1.82, 2.24) is 4.57 Å². The first-order valence-electron chi connectivity index (χ1n) is 13.5.